The van der Waals surface area contributed by atoms with E-state index in [-0.39, 0.29) is 29.5 Å². The maximum Gasteiger partial charge on any atom is 0.338 e. The highest BCUT2D eigenvalue weighted by atomic mass is 32.2. The number of ether oxygens (including phenoxy) is 2. The number of sulfonamides is 1. The molecule has 0 aromatic heterocycles. The summed E-state index contributed by atoms with van der Waals surface area (Å²) in [7, 11) is -3.77. The number of anilines is 1. The van der Waals surface area contributed by atoms with Gasteiger partial charge in [-0.15, -0.1) is 0 Å². The molecule has 0 atom stereocenters. The number of carbonyl (C=O) groups excluding carboxylic acids is 2. The third-order valence-corrected chi connectivity index (χ3v) is 5.66. The van der Waals surface area contributed by atoms with Crippen molar-refractivity contribution in [3.05, 3.63) is 90.0 Å². The van der Waals surface area contributed by atoms with Gasteiger partial charge in [-0.25, -0.2) is 13.2 Å². The van der Waals surface area contributed by atoms with E-state index in [1.54, 1.807) is 54.6 Å². The first-order valence-electron chi connectivity index (χ1n) is 9.44. The van der Waals surface area contributed by atoms with Gasteiger partial charge < -0.3 is 9.47 Å². The first-order valence-corrected chi connectivity index (χ1v) is 10.9. The van der Waals surface area contributed by atoms with Crippen molar-refractivity contribution in [2.75, 3.05) is 17.9 Å². The Morgan fingerprint density at radius 1 is 0.839 bits per heavy atom. The maximum atomic E-state index is 12.4. The minimum atomic E-state index is -3.77. The Kier molecular flexibility index (Phi) is 7.04. The van der Waals surface area contributed by atoms with E-state index in [0.717, 1.165) is 0 Å². The standard InChI is InChI=1S/C23H21NO6S/c1-17(25)21-9-5-6-10-22(21)29-15-16-30-23(26)18-11-13-20(14-12-18)31(27,28)24-19-7-3-2-4-8-19/h2-14,24H,15-16H2,1H3. The van der Waals surface area contributed by atoms with Crippen molar-refractivity contribution in [1.29, 1.82) is 0 Å². The molecule has 0 radical (unpaired) electrons. The van der Waals surface area contributed by atoms with Gasteiger partial charge in [-0.2, -0.15) is 0 Å². The molecule has 0 amide bonds. The zero-order chi connectivity index (χ0) is 22.3. The van der Waals surface area contributed by atoms with Gasteiger partial charge in [0.1, 0.15) is 19.0 Å². The van der Waals surface area contributed by atoms with Crippen molar-refractivity contribution in [1.82, 2.24) is 0 Å². The first kappa shape index (κ1) is 22.0. The van der Waals surface area contributed by atoms with E-state index in [4.69, 9.17) is 9.47 Å². The molecule has 1 N–H and O–H groups in total. The molecular weight excluding hydrogens is 418 g/mol. The van der Waals surface area contributed by atoms with E-state index in [1.807, 2.05) is 0 Å². The van der Waals surface area contributed by atoms with Gasteiger partial charge in [0.2, 0.25) is 0 Å². The molecule has 3 rings (SSSR count). The highest BCUT2D eigenvalue weighted by molar-refractivity contribution is 7.92. The summed E-state index contributed by atoms with van der Waals surface area (Å²) in [4.78, 5) is 23.8. The van der Waals surface area contributed by atoms with Gasteiger partial charge in [-0.3, -0.25) is 9.52 Å². The lowest BCUT2D eigenvalue weighted by Crippen LogP contribution is -2.15. The molecule has 0 spiro atoms. The molecule has 0 unspecified atom stereocenters. The molecule has 3 aromatic rings. The number of Topliss-reactive ketones (excluding diaryl/α,β-unsaturated/α-hetero) is 1. The second-order valence-corrected chi connectivity index (χ2v) is 8.22. The molecule has 0 aliphatic carbocycles. The van der Waals surface area contributed by atoms with Crippen molar-refractivity contribution in [2.24, 2.45) is 0 Å². The van der Waals surface area contributed by atoms with Gasteiger partial charge in [-0.05, 0) is 55.5 Å². The Morgan fingerprint density at radius 3 is 2.16 bits per heavy atom. The normalized spacial score (nSPS) is 10.9. The molecule has 0 saturated carbocycles. The number of ketones is 1. The molecule has 0 heterocycles. The molecular formula is C23H21NO6S. The van der Waals surface area contributed by atoms with Crippen LogP contribution < -0.4 is 9.46 Å². The van der Waals surface area contributed by atoms with Crippen LogP contribution in [0.15, 0.2) is 83.8 Å². The van der Waals surface area contributed by atoms with E-state index in [9.17, 15) is 18.0 Å². The second-order valence-electron chi connectivity index (χ2n) is 6.53. The van der Waals surface area contributed by atoms with E-state index in [0.29, 0.717) is 17.0 Å². The number of carbonyl (C=O) groups is 2. The highest BCUT2D eigenvalue weighted by Crippen LogP contribution is 2.19. The molecule has 0 bridgehead atoms. The number of para-hydroxylation sites is 2. The van der Waals surface area contributed by atoms with Gasteiger partial charge >= 0.3 is 5.97 Å². The van der Waals surface area contributed by atoms with Crippen LogP contribution in [0.1, 0.15) is 27.6 Å². The van der Waals surface area contributed by atoms with Crippen LogP contribution in [0.5, 0.6) is 5.75 Å². The summed E-state index contributed by atoms with van der Waals surface area (Å²) in [5.74, 6) is -0.306. The molecule has 8 heteroatoms. The smallest absolute Gasteiger partial charge is 0.338 e. The van der Waals surface area contributed by atoms with E-state index in [1.165, 1.54) is 31.2 Å². The predicted octanol–water partition coefficient (Wildman–Crippen LogP) is 3.93. The zero-order valence-electron chi connectivity index (χ0n) is 16.8. The minimum Gasteiger partial charge on any atom is -0.489 e. The SMILES string of the molecule is CC(=O)c1ccccc1OCCOC(=O)c1ccc(S(=O)(=O)Nc2ccccc2)cc1. The lowest BCUT2D eigenvalue weighted by Gasteiger charge is -2.10. The van der Waals surface area contributed by atoms with Crippen LogP contribution in [0, 0.1) is 0 Å². The predicted molar refractivity (Wildman–Crippen MR) is 116 cm³/mol. The summed E-state index contributed by atoms with van der Waals surface area (Å²) in [5.41, 5.74) is 1.11. The molecule has 0 aliphatic heterocycles. The van der Waals surface area contributed by atoms with Crippen molar-refractivity contribution < 1.29 is 27.5 Å². The zero-order valence-corrected chi connectivity index (χ0v) is 17.6. The number of rotatable bonds is 9. The summed E-state index contributed by atoms with van der Waals surface area (Å²) in [6, 6.07) is 20.8. The number of hydrogen-bond acceptors (Lipinski definition) is 6. The molecule has 0 saturated heterocycles. The second kappa shape index (κ2) is 9.90. The van der Waals surface area contributed by atoms with Crippen molar-refractivity contribution in [3.8, 4) is 5.75 Å². The molecule has 3 aromatic carbocycles. The van der Waals surface area contributed by atoms with E-state index in [2.05, 4.69) is 4.72 Å². The van der Waals surface area contributed by atoms with Crippen LogP contribution in [-0.2, 0) is 14.8 Å². The van der Waals surface area contributed by atoms with Crippen molar-refractivity contribution >= 4 is 27.5 Å². The fourth-order valence-corrected chi connectivity index (χ4v) is 3.80. The fourth-order valence-electron chi connectivity index (χ4n) is 2.74. The number of hydrogen-bond donors (Lipinski definition) is 1. The number of benzene rings is 3. The van der Waals surface area contributed by atoms with E-state index >= 15 is 0 Å². The Balaban J connectivity index is 1.54. The van der Waals surface area contributed by atoms with Crippen LogP contribution in [0.25, 0.3) is 0 Å². The van der Waals surface area contributed by atoms with Crippen LogP contribution in [-0.4, -0.2) is 33.4 Å². The Hall–Kier alpha value is -3.65. The molecule has 0 aliphatic rings. The molecule has 0 fully saturated rings. The average Bonchev–Trinajstić information content (AvgIpc) is 2.77. The Morgan fingerprint density at radius 2 is 1.48 bits per heavy atom. The quantitative estimate of drug-likeness (QED) is 0.308. The summed E-state index contributed by atoms with van der Waals surface area (Å²) < 4.78 is 38.0. The fraction of sp³-hybridized carbons (Fsp3) is 0.130. The van der Waals surface area contributed by atoms with Gasteiger partial charge in [0, 0.05) is 5.69 Å². The van der Waals surface area contributed by atoms with E-state index < -0.39 is 16.0 Å². The topological polar surface area (TPSA) is 98.8 Å². The van der Waals surface area contributed by atoms with Gasteiger partial charge in [-0.1, -0.05) is 30.3 Å². The largest absolute Gasteiger partial charge is 0.489 e. The average molecular weight is 439 g/mol. The van der Waals surface area contributed by atoms with Crippen molar-refractivity contribution in [3.63, 3.8) is 0 Å². The summed E-state index contributed by atoms with van der Waals surface area (Å²) in [5, 5.41) is 0. The summed E-state index contributed by atoms with van der Waals surface area (Å²) in [6.45, 7) is 1.49. The molecule has 31 heavy (non-hydrogen) atoms. The van der Waals surface area contributed by atoms with Crippen LogP contribution in [0.4, 0.5) is 5.69 Å². The highest BCUT2D eigenvalue weighted by Gasteiger charge is 2.16. The van der Waals surface area contributed by atoms with Crippen LogP contribution >= 0.6 is 0 Å². The molecule has 7 nitrogen and oxygen atoms in total. The van der Waals surface area contributed by atoms with Crippen LogP contribution in [0.3, 0.4) is 0 Å². The maximum absolute atomic E-state index is 12.4. The van der Waals surface area contributed by atoms with Gasteiger partial charge in [0.25, 0.3) is 10.0 Å². The lowest BCUT2D eigenvalue weighted by atomic mass is 10.1. The molecule has 160 valence electrons. The van der Waals surface area contributed by atoms with Crippen molar-refractivity contribution in [2.45, 2.75) is 11.8 Å². The number of esters is 1. The lowest BCUT2D eigenvalue weighted by molar-refractivity contribution is 0.0449. The van der Waals surface area contributed by atoms with Gasteiger partial charge in [0.05, 0.1) is 16.0 Å². The third-order valence-electron chi connectivity index (χ3n) is 4.27. The monoisotopic (exact) mass is 439 g/mol. The number of nitrogens with one attached hydrogen (secondary N) is 1. The minimum absolute atomic E-state index is 0.0251. The first-order chi connectivity index (χ1) is 14.9. The van der Waals surface area contributed by atoms with Crippen LogP contribution in [0.2, 0.25) is 0 Å². The third kappa shape index (κ3) is 5.93. The Bertz CT molecular complexity index is 1160. The summed E-state index contributed by atoms with van der Waals surface area (Å²) >= 11 is 0. The summed E-state index contributed by atoms with van der Waals surface area (Å²) in [6.07, 6.45) is 0. The van der Waals surface area contributed by atoms with Gasteiger partial charge in [0.15, 0.2) is 5.78 Å². The Labute approximate surface area is 180 Å².